The molecule has 0 heterocycles. The van der Waals surface area contributed by atoms with E-state index in [1.54, 1.807) is 0 Å². The van der Waals surface area contributed by atoms with Gasteiger partial charge in [-0.15, -0.1) is 0 Å². The topological polar surface area (TPSA) is 192 Å². The van der Waals surface area contributed by atoms with Gasteiger partial charge >= 0.3 is 13.8 Å². The van der Waals surface area contributed by atoms with E-state index in [9.17, 15) is 39.8 Å². The molecule has 0 aliphatic heterocycles. The van der Waals surface area contributed by atoms with E-state index >= 15 is 0 Å². The maximum atomic E-state index is 12.8. The van der Waals surface area contributed by atoms with Crippen molar-refractivity contribution in [2.24, 2.45) is 0 Å². The zero-order valence-electron chi connectivity index (χ0n) is 35.9. The molecule has 340 valence electrons. The molecule has 0 aromatic rings. The Labute approximate surface area is 359 Å². The molecule has 0 bridgehead atoms. The highest BCUT2D eigenvalue weighted by Gasteiger charge is 2.51. The summed E-state index contributed by atoms with van der Waals surface area (Å²) in [6.07, 6.45) is 38.9. The molecular formula is C47H75O12P. The van der Waals surface area contributed by atoms with E-state index in [2.05, 4.69) is 123 Å². The number of hydrogen-bond donors (Lipinski definition) is 6. The number of carbonyl (C=O) groups excluding carboxylic acids is 1. The summed E-state index contributed by atoms with van der Waals surface area (Å²) in [6.45, 7) is 3.82. The average Bonchev–Trinajstić information content (AvgIpc) is 3.23. The van der Waals surface area contributed by atoms with Gasteiger partial charge in [0, 0.05) is 13.0 Å². The summed E-state index contributed by atoms with van der Waals surface area (Å²) in [6, 6.07) is 0. The summed E-state index contributed by atoms with van der Waals surface area (Å²) in [5.74, 6) is -0.533. The second-order valence-corrected chi connectivity index (χ2v) is 15.8. The Morgan fingerprint density at radius 3 is 1.38 bits per heavy atom. The van der Waals surface area contributed by atoms with Gasteiger partial charge in [-0.05, 0) is 89.9 Å². The Morgan fingerprint density at radius 2 is 0.933 bits per heavy atom. The highest BCUT2D eigenvalue weighted by Crippen LogP contribution is 2.47. The molecule has 6 N–H and O–H groups in total. The van der Waals surface area contributed by atoms with Crippen LogP contribution >= 0.6 is 7.82 Å². The Hall–Kier alpha value is -3.00. The van der Waals surface area contributed by atoms with Gasteiger partial charge in [-0.1, -0.05) is 130 Å². The summed E-state index contributed by atoms with van der Waals surface area (Å²) in [5.41, 5.74) is 0. The van der Waals surface area contributed by atoms with E-state index in [0.717, 1.165) is 83.5 Å². The first kappa shape index (κ1) is 55.0. The van der Waals surface area contributed by atoms with Gasteiger partial charge < -0.3 is 39.9 Å². The molecular weight excluding hydrogens is 787 g/mol. The number of rotatable bonds is 34. The van der Waals surface area contributed by atoms with Gasteiger partial charge in [0.15, 0.2) is 0 Å². The van der Waals surface area contributed by atoms with Crippen molar-refractivity contribution in [3.63, 3.8) is 0 Å². The van der Waals surface area contributed by atoms with Crippen LogP contribution in [0, 0.1) is 0 Å². The van der Waals surface area contributed by atoms with Crippen molar-refractivity contribution in [1.82, 2.24) is 0 Å². The van der Waals surface area contributed by atoms with E-state index in [-0.39, 0.29) is 13.0 Å². The quantitative estimate of drug-likeness (QED) is 0.0157. The third-order valence-corrected chi connectivity index (χ3v) is 10.1. The van der Waals surface area contributed by atoms with Crippen LogP contribution in [0.25, 0.3) is 0 Å². The number of unbranched alkanes of at least 4 members (excludes halogenated alkanes) is 4. The van der Waals surface area contributed by atoms with E-state index in [1.165, 1.54) is 0 Å². The van der Waals surface area contributed by atoms with Gasteiger partial charge in [0.1, 0.15) is 42.7 Å². The van der Waals surface area contributed by atoms with Gasteiger partial charge in [0.05, 0.1) is 13.2 Å². The third kappa shape index (κ3) is 28.5. The lowest BCUT2D eigenvalue weighted by atomic mass is 9.85. The number of carbonyl (C=O) groups is 1. The molecule has 0 saturated heterocycles. The molecule has 0 aromatic heterocycles. The molecule has 1 fully saturated rings. The molecule has 12 nitrogen and oxygen atoms in total. The largest absolute Gasteiger partial charge is 0.472 e. The lowest BCUT2D eigenvalue weighted by Gasteiger charge is -2.41. The van der Waals surface area contributed by atoms with Gasteiger partial charge in [-0.3, -0.25) is 13.8 Å². The molecule has 1 aliphatic rings. The van der Waals surface area contributed by atoms with Gasteiger partial charge in [-0.25, -0.2) is 4.57 Å². The number of aliphatic hydroxyl groups excluding tert-OH is 5. The normalized spacial score (nSPS) is 23.4. The minimum Gasteiger partial charge on any atom is -0.457 e. The van der Waals surface area contributed by atoms with Crippen molar-refractivity contribution in [2.45, 2.75) is 159 Å². The number of hydrogen-bond acceptors (Lipinski definition) is 11. The maximum Gasteiger partial charge on any atom is 0.472 e. The molecule has 13 heteroatoms. The van der Waals surface area contributed by atoms with Crippen molar-refractivity contribution < 1.29 is 58.3 Å². The SMILES string of the molecule is CC/C=C\C/C=C\C/C=C\C/C=C\C/C=C\CCCCCC(=O)OC(COCCC/C=C\C/C=C\C/C=C\C/C=C\CC)COP(=O)(O)OC1C(O)C(O)C(O)C(O)C1O. The predicted octanol–water partition coefficient (Wildman–Crippen LogP) is 8.52. The lowest BCUT2D eigenvalue weighted by molar-refractivity contribution is -0.220. The average molecular weight is 863 g/mol. The fourth-order valence-corrected chi connectivity index (χ4v) is 6.71. The Morgan fingerprint density at radius 1 is 0.533 bits per heavy atom. The second kappa shape index (κ2) is 36.6. The summed E-state index contributed by atoms with van der Waals surface area (Å²) in [4.78, 5) is 23.1. The van der Waals surface area contributed by atoms with E-state index in [4.69, 9.17) is 18.5 Å². The summed E-state index contributed by atoms with van der Waals surface area (Å²) in [7, 11) is -5.05. The Kier molecular flexibility index (Phi) is 33.6. The van der Waals surface area contributed by atoms with Crippen LogP contribution in [0.3, 0.4) is 0 Å². The Bertz CT molecular complexity index is 1400. The van der Waals surface area contributed by atoms with Crippen LogP contribution in [0.1, 0.15) is 117 Å². The molecule has 1 saturated carbocycles. The van der Waals surface area contributed by atoms with Crippen LogP contribution in [0.15, 0.2) is 109 Å². The standard InChI is InChI=1S/C47H75O12P/c1-3-5-7-9-11-13-15-17-19-20-21-22-23-24-26-28-30-32-34-36-41(48)58-40(38-56-37-35-33-31-29-27-25-18-16-14-12-10-8-6-4-2)39-57-60(54,55)59-47-45(52)43(50)42(49)44(51)46(47)53/h5-8,11-14,17-19,21-22,24-26,29,31,40,42-47,49-53H,3-4,9-10,15-16,20,23,27-28,30,32-39H2,1-2H3,(H,54,55)/b7-5-,8-6-,13-11-,14-12-,19-17-,22-21-,25-18-,26-24-,31-29-. The molecule has 0 aromatic carbocycles. The first-order chi connectivity index (χ1) is 29.0. The van der Waals surface area contributed by atoms with Crippen molar-refractivity contribution in [3.05, 3.63) is 109 Å². The monoisotopic (exact) mass is 862 g/mol. The summed E-state index contributed by atoms with van der Waals surface area (Å²) in [5, 5.41) is 50.1. The number of phosphoric acid groups is 1. The van der Waals surface area contributed by atoms with Crippen LogP contribution in [0.5, 0.6) is 0 Å². The van der Waals surface area contributed by atoms with Crippen molar-refractivity contribution in [3.8, 4) is 0 Å². The van der Waals surface area contributed by atoms with Gasteiger partial charge in [0.25, 0.3) is 0 Å². The van der Waals surface area contributed by atoms with Crippen LogP contribution in [-0.2, 0) is 27.9 Å². The number of ether oxygens (including phenoxy) is 2. The number of aliphatic hydroxyl groups is 5. The zero-order valence-corrected chi connectivity index (χ0v) is 36.8. The van der Waals surface area contributed by atoms with E-state index in [0.29, 0.717) is 19.4 Å². The zero-order chi connectivity index (χ0) is 44.1. The second-order valence-electron chi connectivity index (χ2n) is 14.4. The molecule has 1 aliphatic carbocycles. The molecule has 60 heavy (non-hydrogen) atoms. The Balaban J connectivity index is 2.50. The molecule has 6 unspecified atom stereocenters. The maximum absolute atomic E-state index is 12.8. The molecule has 0 amide bonds. The first-order valence-electron chi connectivity index (χ1n) is 21.7. The summed E-state index contributed by atoms with van der Waals surface area (Å²) >= 11 is 0. The van der Waals surface area contributed by atoms with Crippen LogP contribution in [-0.4, -0.2) is 98.9 Å². The fraction of sp³-hybridized carbons (Fsp3) is 0.596. The van der Waals surface area contributed by atoms with Crippen molar-refractivity contribution >= 4 is 13.8 Å². The third-order valence-electron chi connectivity index (χ3n) is 9.14. The van der Waals surface area contributed by atoms with Gasteiger partial charge in [-0.2, -0.15) is 0 Å². The number of phosphoric ester groups is 1. The van der Waals surface area contributed by atoms with E-state index < -0.39 is 63.1 Å². The van der Waals surface area contributed by atoms with Crippen LogP contribution in [0.2, 0.25) is 0 Å². The molecule has 1 rings (SSSR count). The lowest BCUT2D eigenvalue weighted by Crippen LogP contribution is -2.64. The van der Waals surface area contributed by atoms with Crippen LogP contribution in [0.4, 0.5) is 0 Å². The number of allylic oxidation sites excluding steroid dienone is 18. The van der Waals surface area contributed by atoms with E-state index in [1.807, 2.05) is 0 Å². The summed E-state index contributed by atoms with van der Waals surface area (Å²) < 4.78 is 34.0. The minimum atomic E-state index is -5.05. The molecule has 0 radical (unpaired) electrons. The predicted molar refractivity (Wildman–Crippen MR) is 239 cm³/mol. The highest BCUT2D eigenvalue weighted by atomic mass is 31.2. The van der Waals surface area contributed by atoms with Crippen molar-refractivity contribution in [2.75, 3.05) is 19.8 Å². The molecule has 6 atom stereocenters. The minimum absolute atomic E-state index is 0.125. The first-order valence-corrected chi connectivity index (χ1v) is 23.2. The smallest absolute Gasteiger partial charge is 0.457 e. The highest BCUT2D eigenvalue weighted by molar-refractivity contribution is 7.47. The van der Waals surface area contributed by atoms with Gasteiger partial charge in [0.2, 0.25) is 0 Å². The van der Waals surface area contributed by atoms with Crippen LogP contribution < -0.4 is 0 Å². The van der Waals surface area contributed by atoms with Crippen molar-refractivity contribution in [1.29, 1.82) is 0 Å². The molecule has 0 spiro atoms. The number of esters is 1. The fourth-order valence-electron chi connectivity index (χ4n) is 5.74.